The van der Waals surface area contributed by atoms with Gasteiger partial charge in [-0.1, -0.05) is 24.3 Å². The maximum absolute atomic E-state index is 12.3. The first-order valence-corrected chi connectivity index (χ1v) is 9.26. The Morgan fingerprint density at radius 1 is 1.25 bits per heavy atom. The van der Waals surface area contributed by atoms with Gasteiger partial charge in [-0.15, -0.1) is 0 Å². The lowest BCUT2D eigenvalue weighted by molar-refractivity contribution is 0.189. The summed E-state index contributed by atoms with van der Waals surface area (Å²) in [5.74, 6) is 1.03. The molecule has 0 radical (unpaired) electrons. The van der Waals surface area contributed by atoms with Gasteiger partial charge in [-0.25, -0.2) is 0 Å². The third kappa shape index (κ3) is 3.71. The Morgan fingerprint density at radius 2 is 2.04 bits per heavy atom. The molecule has 128 valence electrons. The number of hydrogen-bond donors (Lipinski definition) is 1. The zero-order chi connectivity index (χ0) is 17.2. The summed E-state index contributed by atoms with van der Waals surface area (Å²) in [7, 11) is -3.88. The highest BCUT2D eigenvalue weighted by Crippen LogP contribution is 2.29. The molecule has 1 N–H and O–H groups in total. The van der Waals surface area contributed by atoms with Crippen molar-refractivity contribution in [3.8, 4) is 11.5 Å². The van der Waals surface area contributed by atoms with Gasteiger partial charge in [0, 0.05) is 6.07 Å². The molecule has 24 heavy (non-hydrogen) atoms. The average Bonchev–Trinajstić information content (AvgIpc) is 2.56. The Morgan fingerprint density at radius 3 is 2.88 bits per heavy atom. The molecule has 1 unspecified atom stereocenters. The molecule has 0 saturated carbocycles. The van der Waals surface area contributed by atoms with Crippen LogP contribution >= 0.6 is 0 Å². The van der Waals surface area contributed by atoms with Gasteiger partial charge in [-0.2, -0.15) is 8.42 Å². The molecule has 1 atom stereocenters. The number of fused-ring (bicyclic) bond motifs is 1. The van der Waals surface area contributed by atoms with E-state index in [-0.39, 0.29) is 23.2 Å². The summed E-state index contributed by atoms with van der Waals surface area (Å²) < 4.78 is 35.4. The molecule has 1 heterocycles. The minimum atomic E-state index is -3.88. The van der Waals surface area contributed by atoms with Crippen molar-refractivity contribution < 1.29 is 22.4 Å². The molecule has 0 bridgehead atoms. The Bertz CT molecular complexity index is 829. The van der Waals surface area contributed by atoms with Crippen LogP contribution in [0.2, 0.25) is 0 Å². The minimum absolute atomic E-state index is 0.00717. The van der Waals surface area contributed by atoms with E-state index in [1.165, 1.54) is 12.1 Å². The molecule has 3 rings (SSSR count). The molecule has 6 heteroatoms. The molecule has 1 aliphatic heterocycles. The molecule has 1 aliphatic rings. The van der Waals surface area contributed by atoms with Crippen LogP contribution in [0.5, 0.6) is 11.5 Å². The fraction of sp³-hybridized carbons (Fsp3) is 0.333. The normalized spacial score (nSPS) is 17.1. The second-order valence-electron chi connectivity index (χ2n) is 6.00. The number of phenols is 1. The van der Waals surface area contributed by atoms with Crippen LogP contribution in [0.4, 0.5) is 0 Å². The van der Waals surface area contributed by atoms with Gasteiger partial charge >= 0.3 is 0 Å². The van der Waals surface area contributed by atoms with Crippen molar-refractivity contribution in [2.45, 2.75) is 24.7 Å². The van der Waals surface area contributed by atoms with E-state index in [0.29, 0.717) is 18.6 Å². The van der Waals surface area contributed by atoms with Crippen molar-refractivity contribution in [1.29, 1.82) is 0 Å². The first-order chi connectivity index (χ1) is 11.5. The topological polar surface area (TPSA) is 72.8 Å². The Labute approximate surface area is 142 Å². The number of rotatable bonds is 5. The largest absolute Gasteiger partial charge is 0.508 e. The van der Waals surface area contributed by atoms with E-state index in [2.05, 4.69) is 0 Å². The van der Waals surface area contributed by atoms with Crippen molar-refractivity contribution in [1.82, 2.24) is 0 Å². The van der Waals surface area contributed by atoms with Crippen LogP contribution < -0.4 is 4.74 Å². The predicted molar refractivity (Wildman–Crippen MR) is 89.7 cm³/mol. The number of aryl methyl sites for hydroxylation is 1. The molecular weight excluding hydrogens is 328 g/mol. The predicted octanol–water partition coefficient (Wildman–Crippen LogP) is 3.05. The maximum atomic E-state index is 12.3. The second-order valence-corrected chi connectivity index (χ2v) is 7.59. The van der Waals surface area contributed by atoms with E-state index in [1.54, 1.807) is 13.0 Å². The Hall–Kier alpha value is -2.05. The first kappa shape index (κ1) is 16.8. The molecule has 0 saturated heterocycles. The number of benzene rings is 2. The molecule has 0 aromatic heterocycles. The Kier molecular flexibility index (Phi) is 4.78. The lowest BCUT2D eigenvalue weighted by atomic mass is 9.94. The number of para-hydroxylation sites is 1. The highest BCUT2D eigenvalue weighted by molar-refractivity contribution is 7.86. The van der Waals surface area contributed by atoms with Crippen LogP contribution in [0.3, 0.4) is 0 Å². The molecule has 2 aromatic rings. The first-order valence-electron chi connectivity index (χ1n) is 7.85. The fourth-order valence-electron chi connectivity index (χ4n) is 2.82. The van der Waals surface area contributed by atoms with Crippen molar-refractivity contribution in [2.24, 2.45) is 5.92 Å². The van der Waals surface area contributed by atoms with Gasteiger partial charge in [0.25, 0.3) is 10.1 Å². The summed E-state index contributed by atoms with van der Waals surface area (Å²) in [5.41, 5.74) is 1.68. The van der Waals surface area contributed by atoms with Gasteiger partial charge in [0.05, 0.1) is 13.2 Å². The van der Waals surface area contributed by atoms with E-state index >= 15 is 0 Å². The molecule has 0 spiro atoms. The third-order valence-electron chi connectivity index (χ3n) is 4.16. The van der Waals surface area contributed by atoms with Gasteiger partial charge in [0.2, 0.25) is 0 Å². The summed E-state index contributed by atoms with van der Waals surface area (Å²) in [4.78, 5) is 0.00717. The number of phenolic OH excluding ortho intramolecular Hbond substituents is 1. The molecule has 5 nitrogen and oxygen atoms in total. The van der Waals surface area contributed by atoms with Gasteiger partial charge in [-0.3, -0.25) is 4.18 Å². The average molecular weight is 348 g/mol. The summed E-state index contributed by atoms with van der Waals surface area (Å²) in [6, 6.07) is 12.1. The van der Waals surface area contributed by atoms with E-state index in [9.17, 15) is 13.5 Å². The number of hydrogen-bond acceptors (Lipinski definition) is 5. The van der Waals surface area contributed by atoms with Crippen LogP contribution in [-0.2, 0) is 20.7 Å². The third-order valence-corrected chi connectivity index (χ3v) is 5.62. The summed E-state index contributed by atoms with van der Waals surface area (Å²) in [5, 5.41) is 9.49. The zero-order valence-electron chi connectivity index (χ0n) is 13.4. The van der Waals surface area contributed by atoms with Gasteiger partial charge in [-0.05, 0) is 48.9 Å². The van der Waals surface area contributed by atoms with Crippen molar-refractivity contribution in [3.05, 3.63) is 53.6 Å². The summed E-state index contributed by atoms with van der Waals surface area (Å²) in [6.07, 6.45) is 1.44. The van der Waals surface area contributed by atoms with Crippen LogP contribution in [0.15, 0.2) is 47.4 Å². The molecule has 0 aliphatic carbocycles. The lowest BCUT2D eigenvalue weighted by Gasteiger charge is -2.25. The lowest BCUT2D eigenvalue weighted by Crippen LogP contribution is -2.23. The van der Waals surface area contributed by atoms with Crippen LogP contribution in [-0.4, -0.2) is 26.7 Å². The van der Waals surface area contributed by atoms with Gasteiger partial charge < -0.3 is 9.84 Å². The van der Waals surface area contributed by atoms with E-state index in [4.69, 9.17) is 8.92 Å². The standard InChI is InChI=1S/C18H20O5S/c1-13-6-7-16(19)11-18(13)24(20,21)23-9-8-14-10-15-4-2-3-5-17(15)22-12-14/h2-7,11,14,19H,8-10,12H2,1H3. The Balaban J connectivity index is 1.59. The molecule has 0 amide bonds. The SMILES string of the molecule is Cc1ccc(O)cc1S(=O)(=O)OCCC1COc2ccccc2C1. The summed E-state index contributed by atoms with van der Waals surface area (Å²) in [6.45, 7) is 2.32. The van der Waals surface area contributed by atoms with Crippen LogP contribution in [0, 0.1) is 12.8 Å². The van der Waals surface area contributed by atoms with E-state index in [0.717, 1.165) is 17.7 Å². The minimum Gasteiger partial charge on any atom is -0.508 e. The highest BCUT2D eigenvalue weighted by Gasteiger charge is 2.22. The molecule has 2 aromatic carbocycles. The number of ether oxygens (including phenoxy) is 1. The maximum Gasteiger partial charge on any atom is 0.297 e. The smallest absolute Gasteiger partial charge is 0.297 e. The van der Waals surface area contributed by atoms with Crippen molar-refractivity contribution in [2.75, 3.05) is 13.2 Å². The quantitative estimate of drug-likeness (QED) is 0.841. The zero-order valence-corrected chi connectivity index (χ0v) is 14.3. The van der Waals surface area contributed by atoms with E-state index < -0.39 is 10.1 Å². The monoisotopic (exact) mass is 348 g/mol. The summed E-state index contributed by atoms with van der Waals surface area (Å²) >= 11 is 0. The van der Waals surface area contributed by atoms with Crippen molar-refractivity contribution >= 4 is 10.1 Å². The van der Waals surface area contributed by atoms with Gasteiger partial charge in [0.1, 0.15) is 16.4 Å². The van der Waals surface area contributed by atoms with Gasteiger partial charge in [0.15, 0.2) is 0 Å². The second kappa shape index (κ2) is 6.83. The number of aromatic hydroxyl groups is 1. The van der Waals surface area contributed by atoms with Crippen molar-refractivity contribution in [3.63, 3.8) is 0 Å². The molecule has 0 fully saturated rings. The van der Waals surface area contributed by atoms with E-state index in [1.807, 2.05) is 24.3 Å². The fourth-order valence-corrected chi connectivity index (χ4v) is 3.99. The molecular formula is C18H20O5S. The van der Waals surface area contributed by atoms with Crippen LogP contribution in [0.25, 0.3) is 0 Å². The highest BCUT2D eigenvalue weighted by atomic mass is 32.2. The van der Waals surface area contributed by atoms with Crippen LogP contribution in [0.1, 0.15) is 17.5 Å².